The van der Waals surface area contributed by atoms with Crippen molar-refractivity contribution >= 4 is 23.8 Å². The minimum Gasteiger partial charge on any atom is -0.368 e. The number of rotatable bonds is 16. The monoisotopic (exact) mass is 502 g/mol. The first-order valence-electron chi connectivity index (χ1n) is 13.7. The van der Waals surface area contributed by atoms with Gasteiger partial charge in [0.05, 0.1) is 18.0 Å². The minimum atomic E-state index is 0.289. The molecule has 6 heteroatoms. The molecule has 0 bridgehead atoms. The van der Waals surface area contributed by atoms with Crippen LogP contribution in [0.1, 0.15) is 60.9 Å². The predicted octanol–water partition coefficient (Wildman–Crippen LogP) is 5.99. The number of hydrogen-bond donors (Lipinski definition) is 2. The first kappa shape index (κ1) is 28.6. The van der Waals surface area contributed by atoms with E-state index < -0.39 is 0 Å². The number of unbranched alkanes of at least 4 members (excludes halogenated alkanes) is 1. The Kier molecular flexibility index (Phi) is 11.4. The summed E-state index contributed by atoms with van der Waals surface area (Å²) >= 11 is 0. The fourth-order valence-corrected chi connectivity index (χ4v) is 5.30. The smallest absolute Gasteiger partial charge is 0.0880 e. The molecule has 0 aliphatic carbocycles. The van der Waals surface area contributed by atoms with Crippen molar-refractivity contribution in [3.63, 3.8) is 0 Å². The summed E-state index contributed by atoms with van der Waals surface area (Å²) in [6.45, 7) is 21.6. The van der Waals surface area contributed by atoms with Gasteiger partial charge in [0.25, 0.3) is 0 Å². The molecule has 2 N–H and O–H groups in total. The maximum absolute atomic E-state index is 4.53. The molecule has 1 aliphatic rings. The Labute approximate surface area is 224 Å². The summed E-state index contributed by atoms with van der Waals surface area (Å²) in [6.07, 6.45) is 10.7. The second-order valence-electron chi connectivity index (χ2n) is 10.2. The number of pyridine rings is 1. The Morgan fingerprint density at radius 2 is 2.00 bits per heavy atom. The van der Waals surface area contributed by atoms with Gasteiger partial charge in [0.15, 0.2) is 0 Å². The van der Waals surface area contributed by atoms with Crippen LogP contribution in [0.4, 0.5) is 11.4 Å². The lowest BCUT2D eigenvalue weighted by Crippen LogP contribution is -2.42. The highest BCUT2D eigenvalue weighted by molar-refractivity contribution is 5.74. The van der Waals surface area contributed by atoms with E-state index >= 15 is 0 Å². The molecule has 0 radical (unpaired) electrons. The van der Waals surface area contributed by atoms with Crippen LogP contribution in [0.5, 0.6) is 0 Å². The molecule has 200 valence electrons. The van der Waals surface area contributed by atoms with Crippen LogP contribution < -0.4 is 15.5 Å². The van der Waals surface area contributed by atoms with Gasteiger partial charge >= 0.3 is 0 Å². The van der Waals surface area contributed by atoms with Gasteiger partial charge in [-0.2, -0.15) is 0 Å². The standard InChI is InChI=1S/C31H46N6/c1-7-12-29(13-8-9-15-32-5)37(23-35-26(4)28-14-16-34-25(3)20-28)31-24(2)19-27(21-30(31)33-6)22-36-17-10-11-18-36/h7,14,16,19-21,29,32,35H,1,4,6,8-13,15,17-18,22-23H2,2-3,5H3. The van der Waals surface area contributed by atoms with Gasteiger partial charge in [-0.25, -0.2) is 0 Å². The van der Waals surface area contributed by atoms with E-state index in [9.17, 15) is 0 Å². The average molecular weight is 503 g/mol. The third-order valence-electron chi connectivity index (χ3n) is 7.20. The Hall–Kier alpha value is -2.96. The zero-order valence-corrected chi connectivity index (χ0v) is 23.2. The van der Waals surface area contributed by atoms with Gasteiger partial charge < -0.3 is 15.5 Å². The molecule has 0 amide bonds. The number of nitrogens with zero attached hydrogens (tertiary/aromatic N) is 4. The fraction of sp³-hybridized carbons (Fsp3) is 0.484. The lowest BCUT2D eigenvalue weighted by atomic mass is 10.0. The first-order valence-corrected chi connectivity index (χ1v) is 13.7. The topological polar surface area (TPSA) is 55.8 Å². The van der Waals surface area contributed by atoms with Crippen LogP contribution in [0, 0.1) is 13.8 Å². The SMILES string of the molecule is C=CCC(CCCCNC)N(CNC(=C)c1ccnc(C)c1)c1c(C)cc(CN2CCCC2)cc1N=C. The van der Waals surface area contributed by atoms with Crippen LogP contribution in [0.15, 0.2) is 54.7 Å². The van der Waals surface area contributed by atoms with E-state index in [1.54, 1.807) is 0 Å². The van der Waals surface area contributed by atoms with Crippen molar-refractivity contribution in [1.29, 1.82) is 0 Å². The van der Waals surface area contributed by atoms with E-state index in [0.29, 0.717) is 6.67 Å². The van der Waals surface area contributed by atoms with Crippen LogP contribution in [0.2, 0.25) is 0 Å². The van der Waals surface area contributed by atoms with Gasteiger partial charge in [-0.1, -0.05) is 25.1 Å². The maximum atomic E-state index is 4.53. The van der Waals surface area contributed by atoms with E-state index in [4.69, 9.17) is 0 Å². The first-order chi connectivity index (χ1) is 18.0. The van der Waals surface area contributed by atoms with E-state index in [-0.39, 0.29) is 6.04 Å². The zero-order chi connectivity index (χ0) is 26.6. The molecule has 1 atom stereocenters. The molecule has 1 aromatic carbocycles. The molecule has 1 aliphatic heterocycles. The van der Waals surface area contributed by atoms with Crippen molar-refractivity contribution in [3.8, 4) is 0 Å². The third-order valence-corrected chi connectivity index (χ3v) is 7.20. The molecule has 1 saturated heterocycles. The van der Waals surface area contributed by atoms with Crippen molar-refractivity contribution in [2.24, 2.45) is 4.99 Å². The molecule has 1 aromatic heterocycles. The molecular formula is C31H46N6. The van der Waals surface area contributed by atoms with Crippen molar-refractivity contribution in [2.75, 3.05) is 38.3 Å². The molecular weight excluding hydrogens is 456 g/mol. The van der Waals surface area contributed by atoms with Crippen molar-refractivity contribution in [3.05, 3.63) is 72.1 Å². The number of anilines is 1. The largest absolute Gasteiger partial charge is 0.368 e. The van der Waals surface area contributed by atoms with E-state index in [2.05, 4.69) is 75.4 Å². The summed E-state index contributed by atoms with van der Waals surface area (Å²) in [7, 11) is 2.01. The van der Waals surface area contributed by atoms with Crippen molar-refractivity contribution in [1.82, 2.24) is 20.5 Å². The van der Waals surface area contributed by atoms with Crippen LogP contribution in [-0.4, -0.2) is 56.0 Å². The van der Waals surface area contributed by atoms with Crippen molar-refractivity contribution < 1.29 is 0 Å². The Bertz CT molecular complexity index is 1040. The number of aromatic nitrogens is 1. The van der Waals surface area contributed by atoms with Crippen LogP contribution in [-0.2, 0) is 6.54 Å². The minimum absolute atomic E-state index is 0.289. The molecule has 1 unspecified atom stereocenters. The molecule has 37 heavy (non-hydrogen) atoms. The van der Waals surface area contributed by atoms with E-state index in [1.807, 2.05) is 32.3 Å². The predicted molar refractivity (Wildman–Crippen MR) is 160 cm³/mol. The summed E-state index contributed by atoms with van der Waals surface area (Å²) in [4.78, 5) is 13.8. The van der Waals surface area contributed by atoms with Gasteiger partial charge in [0.1, 0.15) is 0 Å². The lowest BCUT2D eigenvalue weighted by Gasteiger charge is -2.36. The second-order valence-corrected chi connectivity index (χ2v) is 10.2. The summed E-state index contributed by atoms with van der Waals surface area (Å²) in [5.41, 5.74) is 7.56. The zero-order valence-electron chi connectivity index (χ0n) is 23.2. The molecule has 0 spiro atoms. The van der Waals surface area contributed by atoms with Gasteiger partial charge in [-0.3, -0.25) is 14.9 Å². The summed E-state index contributed by atoms with van der Waals surface area (Å²) in [5.74, 6) is 0. The molecule has 3 rings (SSSR count). The highest BCUT2D eigenvalue weighted by Crippen LogP contribution is 2.37. The van der Waals surface area contributed by atoms with E-state index in [0.717, 1.165) is 67.1 Å². The van der Waals surface area contributed by atoms with Crippen LogP contribution >= 0.6 is 0 Å². The number of nitrogens with one attached hydrogen (secondary N) is 2. The number of aliphatic imine (C=N–C) groups is 1. The highest BCUT2D eigenvalue weighted by Gasteiger charge is 2.23. The van der Waals surface area contributed by atoms with Crippen molar-refractivity contribution in [2.45, 2.75) is 65.0 Å². The van der Waals surface area contributed by atoms with E-state index in [1.165, 1.54) is 37.1 Å². The average Bonchev–Trinajstić information content (AvgIpc) is 3.40. The number of likely N-dealkylation sites (tertiary alicyclic amines) is 1. The van der Waals surface area contributed by atoms with Gasteiger partial charge in [0, 0.05) is 35.7 Å². The van der Waals surface area contributed by atoms with Gasteiger partial charge in [-0.15, -0.1) is 6.58 Å². The Morgan fingerprint density at radius 1 is 1.22 bits per heavy atom. The molecule has 1 fully saturated rings. The van der Waals surface area contributed by atoms with Crippen LogP contribution in [0.25, 0.3) is 5.70 Å². The third kappa shape index (κ3) is 8.27. The molecule has 6 nitrogen and oxygen atoms in total. The summed E-state index contributed by atoms with van der Waals surface area (Å²) in [5, 5.41) is 6.87. The van der Waals surface area contributed by atoms with Gasteiger partial charge in [-0.05, 0) is 109 Å². The Balaban J connectivity index is 1.91. The quantitative estimate of drug-likeness (QED) is 0.128. The molecule has 0 saturated carbocycles. The maximum Gasteiger partial charge on any atom is 0.0880 e. The summed E-state index contributed by atoms with van der Waals surface area (Å²) in [6, 6.07) is 8.92. The highest BCUT2D eigenvalue weighted by atomic mass is 15.3. The molecule has 2 heterocycles. The Morgan fingerprint density at radius 3 is 2.68 bits per heavy atom. The number of hydrogen-bond acceptors (Lipinski definition) is 6. The molecule has 2 aromatic rings. The number of aryl methyl sites for hydroxylation is 2. The van der Waals surface area contributed by atoms with Gasteiger partial charge in [0.2, 0.25) is 0 Å². The fourth-order valence-electron chi connectivity index (χ4n) is 5.30. The normalized spacial score (nSPS) is 14.4. The number of benzene rings is 1. The lowest BCUT2D eigenvalue weighted by molar-refractivity contribution is 0.331. The second kappa shape index (κ2) is 14.7. The van der Waals surface area contributed by atoms with Crippen LogP contribution in [0.3, 0.4) is 0 Å². The summed E-state index contributed by atoms with van der Waals surface area (Å²) < 4.78 is 0.